The maximum absolute atomic E-state index is 11.8. The van der Waals surface area contributed by atoms with Gasteiger partial charge in [0.05, 0.1) is 5.69 Å². The number of rotatable bonds is 6. The largest absolute Gasteiger partial charge is 0.474 e. The monoisotopic (exact) mass is 468 g/mol. The van der Waals surface area contributed by atoms with Crippen molar-refractivity contribution in [2.24, 2.45) is 0 Å². The molecule has 2 aromatic heterocycles. The molecule has 33 heavy (non-hydrogen) atoms. The molecule has 1 aliphatic heterocycles. The van der Waals surface area contributed by atoms with Crippen LogP contribution in [0.2, 0.25) is 0 Å². The van der Waals surface area contributed by atoms with Gasteiger partial charge in [0.15, 0.2) is 0 Å². The number of piperidine rings is 1. The maximum Gasteiger partial charge on any atom is 0.247 e. The molecule has 3 N–H and O–H groups in total. The Morgan fingerprint density at radius 1 is 1.18 bits per heavy atom. The Bertz CT molecular complexity index is 1280. The van der Waals surface area contributed by atoms with Crippen LogP contribution in [0.15, 0.2) is 29.6 Å². The number of nitrogens with one attached hydrogen (secondary N) is 3. The van der Waals surface area contributed by atoms with Gasteiger partial charge in [-0.15, -0.1) is 5.10 Å². The molecule has 0 spiro atoms. The number of benzene rings is 1. The van der Waals surface area contributed by atoms with E-state index in [2.05, 4.69) is 43.8 Å². The molecular formula is C23H28N6O3S. The van der Waals surface area contributed by atoms with E-state index in [-0.39, 0.29) is 17.2 Å². The molecule has 174 valence electrons. The lowest BCUT2D eigenvalue weighted by Gasteiger charge is -2.23. The van der Waals surface area contributed by atoms with E-state index in [4.69, 9.17) is 4.74 Å². The zero-order valence-electron chi connectivity index (χ0n) is 18.8. The second-order valence-corrected chi connectivity index (χ2v) is 10.7. The van der Waals surface area contributed by atoms with E-state index in [0.29, 0.717) is 5.88 Å². The van der Waals surface area contributed by atoms with Gasteiger partial charge in [-0.05, 0) is 80.4 Å². The van der Waals surface area contributed by atoms with E-state index in [1.165, 1.54) is 11.1 Å². The van der Waals surface area contributed by atoms with E-state index in [1.807, 2.05) is 12.1 Å². The van der Waals surface area contributed by atoms with Gasteiger partial charge in [-0.2, -0.15) is 4.98 Å². The highest BCUT2D eigenvalue weighted by Gasteiger charge is 2.24. The topological polar surface area (TPSA) is 122 Å². The van der Waals surface area contributed by atoms with Crippen LogP contribution in [0.1, 0.15) is 36.0 Å². The molecule has 3 heterocycles. The fraction of sp³-hybridized carbons (Fsp3) is 0.435. The first-order valence-electron chi connectivity index (χ1n) is 11.3. The SMILES string of the molecule is Cc1cc2c(c(Nc3n[nH]c(S(C)(=O)=O)n3)c1-c1ccnc(OC3CCNCC3)c1)CCC2. The Kier molecular flexibility index (Phi) is 5.79. The quantitative estimate of drug-likeness (QED) is 0.505. The highest BCUT2D eigenvalue weighted by Crippen LogP contribution is 2.41. The van der Waals surface area contributed by atoms with Crippen LogP contribution in [0.3, 0.4) is 0 Å². The third-order valence-electron chi connectivity index (χ3n) is 6.25. The molecule has 0 amide bonds. The Labute approximate surface area is 193 Å². The van der Waals surface area contributed by atoms with E-state index < -0.39 is 9.84 Å². The van der Waals surface area contributed by atoms with Gasteiger partial charge in [0, 0.05) is 24.1 Å². The first-order valence-corrected chi connectivity index (χ1v) is 13.2. The molecule has 10 heteroatoms. The Morgan fingerprint density at radius 3 is 2.76 bits per heavy atom. The molecular weight excluding hydrogens is 440 g/mol. The number of nitrogens with zero attached hydrogens (tertiary/aromatic N) is 3. The Balaban J connectivity index is 1.54. The van der Waals surface area contributed by atoms with Gasteiger partial charge in [0.2, 0.25) is 26.8 Å². The summed E-state index contributed by atoms with van der Waals surface area (Å²) in [5.41, 5.74) is 6.58. The number of aryl methyl sites for hydroxylation is 2. The van der Waals surface area contributed by atoms with Gasteiger partial charge >= 0.3 is 0 Å². The van der Waals surface area contributed by atoms with Crippen molar-refractivity contribution in [3.63, 3.8) is 0 Å². The minimum atomic E-state index is -3.47. The molecule has 9 nitrogen and oxygen atoms in total. The second kappa shape index (κ2) is 8.75. The van der Waals surface area contributed by atoms with Crippen molar-refractivity contribution in [2.75, 3.05) is 24.7 Å². The first-order chi connectivity index (χ1) is 15.9. The number of sulfone groups is 1. The fourth-order valence-electron chi connectivity index (χ4n) is 4.70. The van der Waals surface area contributed by atoms with Gasteiger partial charge in [-0.25, -0.2) is 18.5 Å². The summed E-state index contributed by atoms with van der Waals surface area (Å²) in [6.07, 6.45) is 8.01. The van der Waals surface area contributed by atoms with E-state index in [1.54, 1.807) is 6.20 Å². The van der Waals surface area contributed by atoms with E-state index in [9.17, 15) is 8.42 Å². The standard InChI is InChI=1S/C23H28N6O3S/c1-14-12-15-4-3-5-18(15)21(26-22-27-23(29-28-22)33(2,30)31)20(14)16-6-11-25-19(13-16)32-17-7-9-24-10-8-17/h6,11-13,17,24H,3-5,7-10H2,1-2H3,(H2,26,27,28,29). The predicted octanol–water partition coefficient (Wildman–Crippen LogP) is 2.94. The summed E-state index contributed by atoms with van der Waals surface area (Å²) in [4.78, 5) is 8.60. The lowest BCUT2D eigenvalue weighted by Crippen LogP contribution is -2.34. The molecule has 0 saturated carbocycles. The van der Waals surface area contributed by atoms with Crippen LogP contribution >= 0.6 is 0 Å². The molecule has 0 unspecified atom stereocenters. The molecule has 3 aromatic rings. The molecule has 1 saturated heterocycles. The van der Waals surface area contributed by atoms with Crippen molar-refractivity contribution in [1.82, 2.24) is 25.5 Å². The van der Waals surface area contributed by atoms with Gasteiger partial charge in [0.1, 0.15) is 6.10 Å². The number of H-pyrrole nitrogens is 1. The number of pyridine rings is 1. The van der Waals surface area contributed by atoms with Crippen LogP contribution in [0.5, 0.6) is 5.88 Å². The number of hydrogen-bond donors (Lipinski definition) is 3. The third-order valence-corrected chi connectivity index (χ3v) is 7.13. The van der Waals surface area contributed by atoms with Crippen molar-refractivity contribution in [3.8, 4) is 17.0 Å². The number of aromatic amines is 1. The lowest BCUT2D eigenvalue weighted by atomic mass is 9.93. The van der Waals surface area contributed by atoms with E-state index >= 15 is 0 Å². The molecule has 1 aromatic carbocycles. The Morgan fingerprint density at radius 2 is 2.00 bits per heavy atom. The summed E-state index contributed by atoms with van der Waals surface area (Å²) in [5, 5.41) is 13.1. The summed E-state index contributed by atoms with van der Waals surface area (Å²) < 4.78 is 29.9. The average molecular weight is 469 g/mol. The third kappa shape index (κ3) is 4.58. The number of anilines is 2. The van der Waals surface area contributed by atoms with Crippen LogP contribution in [0, 0.1) is 6.92 Å². The summed E-state index contributed by atoms with van der Waals surface area (Å²) in [6.45, 7) is 4.00. The summed E-state index contributed by atoms with van der Waals surface area (Å²) in [7, 11) is -3.47. The zero-order valence-corrected chi connectivity index (χ0v) is 19.6. The first kappa shape index (κ1) is 21.8. The molecule has 1 fully saturated rings. The van der Waals surface area contributed by atoms with Crippen LogP contribution < -0.4 is 15.4 Å². The number of fused-ring (bicyclic) bond motifs is 1. The van der Waals surface area contributed by atoms with Gasteiger partial charge in [-0.1, -0.05) is 6.07 Å². The molecule has 5 rings (SSSR count). The summed E-state index contributed by atoms with van der Waals surface area (Å²) in [5.74, 6) is 0.846. The van der Waals surface area contributed by atoms with Crippen LogP contribution in [-0.2, 0) is 22.7 Å². The normalized spacial score (nSPS) is 16.5. The van der Waals surface area contributed by atoms with Crippen molar-refractivity contribution < 1.29 is 13.2 Å². The van der Waals surface area contributed by atoms with Crippen LogP contribution in [0.25, 0.3) is 11.1 Å². The molecule has 2 aliphatic rings. The van der Waals surface area contributed by atoms with Crippen molar-refractivity contribution in [1.29, 1.82) is 0 Å². The van der Waals surface area contributed by atoms with Crippen molar-refractivity contribution in [3.05, 3.63) is 41.1 Å². The molecule has 0 bridgehead atoms. The number of hydrogen-bond acceptors (Lipinski definition) is 8. The molecule has 0 radical (unpaired) electrons. The molecule has 1 aliphatic carbocycles. The number of ether oxygens (including phenoxy) is 1. The van der Waals surface area contributed by atoms with Crippen molar-refractivity contribution in [2.45, 2.75) is 50.3 Å². The average Bonchev–Trinajstić information content (AvgIpc) is 3.44. The fourth-order valence-corrected chi connectivity index (χ4v) is 5.16. The van der Waals surface area contributed by atoms with Gasteiger partial charge in [-0.3, -0.25) is 0 Å². The van der Waals surface area contributed by atoms with E-state index in [0.717, 1.165) is 73.8 Å². The smallest absolute Gasteiger partial charge is 0.247 e. The summed E-state index contributed by atoms with van der Waals surface area (Å²) >= 11 is 0. The van der Waals surface area contributed by atoms with Crippen LogP contribution in [-0.4, -0.2) is 54.0 Å². The lowest BCUT2D eigenvalue weighted by molar-refractivity contribution is 0.156. The highest BCUT2D eigenvalue weighted by atomic mass is 32.2. The minimum Gasteiger partial charge on any atom is -0.474 e. The minimum absolute atomic E-state index is 0.155. The highest BCUT2D eigenvalue weighted by molar-refractivity contribution is 7.90. The maximum atomic E-state index is 11.8. The van der Waals surface area contributed by atoms with Gasteiger partial charge < -0.3 is 15.4 Å². The zero-order chi connectivity index (χ0) is 23.0. The predicted molar refractivity (Wildman–Crippen MR) is 126 cm³/mol. The Hall–Kier alpha value is -2.98. The second-order valence-electron chi connectivity index (χ2n) is 8.75. The summed E-state index contributed by atoms with van der Waals surface area (Å²) in [6, 6.07) is 6.21. The van der Waals surface area contributed by atoms with Gasteiger partial charge in [0.25, 0.3) is 0 Å². The van der Waals surface area contributed by atoms with Crippen LogP contribution in [0.4, 0.5) is 11.6 Å². The number of aromatic nitrogens is 4. The van der Waals surface area contributed by atoms with Crippen molar-refractivity contribution >= 4 is 21.5 Å². The molecule has 0 atom stereocenters.